The van der Waals surface area contributed by atoms with Crippen LogP contribution in [0.3, 0.4) is 0 Å². The van der Waals surface area contributed by atoms with Crippen LogP contribution in [0.15, 0.2) is 23.1 Å². The first kappa shape index (κ1) is 10.4. The van der Waals surface area contributed by atoms with Gasteiger partial charge in [0.2, 0.25) is 0 Å². The molecule has 0 unspecified atom stereocenters. The van der Waals surface area contributed by atoms with Gasteiger partial charge < -0.3 is 10.3 Å². The number of aryl methyl sites for hydroxylation is 1. The fraction of sp³-hybridized carbons (Fsp3) is 0.375. The third kappa shape index (κ3) is 2.17. The molecule has 0 aliphatic heterocycles. The smallest absolute Gasteiger partial charge is 0.330 e. The molecule has 1 aromatic rings. The summed E-state index contributed by atoms with van der Waals surface area (Å²) in [6, 6.07) is 2.68. The Labute approximate surface area is 80.1 Å². The van der Waals surface area contributed by atoms with Crippen molar-refractivity contribution >= 4 is 5.69 Å². The van der Waals surface area contributed by atoms with Crippen molar-refractivity contribution < 1.29 is 4.92 Å². The molecule has 1 heterocycles. The van der Waals surface area contributed by atoms with E-state index in [1.54, 1.807) is 0 Å². The maximum absolute atomic E-state index is 11.4. The summed E-state index contributed by atoms with van der Waals surface area (Å²) in [5.41, 5.74) is 4.30. The van der Waals surface area contributed by atoms with Crippen molar-refractivity contribution in [2.24, 2.45) is 5.73 Å². The molecule has 14 heavy (non-hydrogen) atoms. The van der Waals surface area contributed by atoms with E-state index in [0.29, 0.717) is 19.5 Å². The highest BCUT2D eigenvalue weighted by molar-refractivity contribution is 5.24. The Balaban J connectivity index is 3.02. The number of pyridine rings is 1. The first-order chi connectivity index (χ1) is 6.66. The van der Waals surface area contributed by atoms with E-state index in [0.717, 1.165) is 0 Å². The number of hydrogen-bond donors (Lipinski definition) is 1. The summed E-state index contributed by atoms with van der Waals surface area (Å²) in [6.45, 7) is 0.867. The van der Waals surface area contributed by atoms with Crippen molar-refractivity contribution in [3.63, 3.8) is 0 Å². The molecule has 2 N–H and O–H groups in total. The second-order valence-electron chi connectivity index (χ2n) is 2.79. The lowest BCUT2D eigenvalue weighted by molar-refractivity contribution is -0.386. The van der Waals surface area contributed by atoms with Gasteiger partial charge in [-0.2, -0.15) is 0 Å². The second kappa shape index (κ2) is 4.52. The molecule has 0 saturated heterocycles. The molecule has 0 saturated carbocycles. The highest BCUT2D eigenvalue weighted by atomic mass is 16.6. The minimum Gasteiger partial charge on any atom is -0.330 e. The largest absolute Gasteiger partial charge is 0.334 e. The van der Waals surface area contributed by atoms with Gasteiger partial charge in [0.05, 0.1) is 4.92 Å². The van der Waals surface area contributed by atoms with Gasteiger partial charge in [-0.3, -0.25) is 14.9 Å². The Morgan fingerprint density at radius 1 is 1.57 bits per heavy atom. The van der Waals surface area contributed by atoms with Crippen LogP contribution in [0.1, 0.15) is 6.42 Å². The van der Waals surface area contributed by atoms with Crippen LogP contribution >= 0.6 is 0 Å². The fourth-order valence-electron chi connectivity index (χ4n) is 1.10. The van der Waals surface area contributed by atoms with E-state index in [2.05, 4.69) is 0 Å². The molecule has 0 aromatic carbocycles. The number of nitro groups is 1. The first-order valence-electron chi connectivity index (χ1n) is 4.20. The van der Waals surface area contributed by atoms with Crippen LogP contribution in [0.4, 0.5) is 5.69 Å². The number of rotatable bonds is 4. The number of aromatic nitrogens is 1. The zero-order chi connectivity index (χ0) is 10.6. The van der Waals surface area contributed by atoms with Crippen LogP contribution in [-0.2, 0) is 6.54 Å². The Morgan fingerprint density at radius 2 is 2.29 bits per heavy atom. The van der Waals surface area contributed by atoms with Crippen LogP contribution in [0.5, 0.6) is 0 Å². The number of hydrogen-bond acceptors (Lipinski definition) is 4. The molecule has 0 aliphatic carbocycles. The quantitative estimate of drug-likeness (QED) is 0.547. The first-order valence-corrected chi connectivity index (χ1v) is 4.20. The van der Waals surface area contributed by atoms with Crippen molar-refractivity contribution in [3.8, 4) is 0 Å². The molecule has 6 nitrogen and oxygen atoms in total. The Bertz CT molecular complexity index is 386. The molecule has 0 aliphatic rings. The van der Waals surface area contributed by atoms with E-state index in [1.165, 1.54) is 22.9 Å². The lowest BCUT2D eigenvalue weighted by Gasteiger charge is -2.02. The zero-order valence-electron chi connectivity index (χ0n) is 7.55. The fourth-order valence-corrected chi connectivity index (χ4v) is 1.10. The zero-order valence-corrected chi connectivity index (χ0v) is 7.55. The standard InChI is InChI=1S/C8H11N3O3/c9-4-2-6-10-5-1-3-7(8(10)12)11(13)14/h1,3,5H,2,4,6,9H2. The van der Waals surface area contributed by atoms with Gasteiger partial charge in [0.1, 0.15) is 0 Å². The van der Waals surface area contributed by atoms with E-state index in [9.17, 15) is 14.9 Å². The molecule has 0 atom stereocenters. The molecular weight excluding hydrogens is 186 g/mol. The molecule has 0 spiro atoms. The van der Waals surface area contributed by atoms with Crippen LogP contribution < -0.4 is 11.3 Å². The third-order valence-electron chi connectivity index (χ3n) is 1.80. The SMILES string of the molecule is NCCCn1cccc([N+](=O)[O-])c1=O. The normalized spacial score (nSPS) is 10.1. The predicted molar refractivity (Wildman–Crippen MR) is 51.0 cm³/mol. The molecule has 0 amide bonds. The molecule has 0 bridgehead atoms. The third-order valence-corrected chi connectivity index (χ3v) is 1.80. The monoisotopic (exact) mass is 197 g/mol. The van der Waals surface area contributed by atoms with E-state index in [1.807, 2.05) is 0 Å². The van der Waals surface area contributed by atoms with Gasteiger partial charge in [0.25, 0.3) is 0 Å². The van der Waals surface area contributed by atoms with Crippen molar-refractivity contribution in [3.05, 3.63) is 38.8 Å². The summed E-state index contributed by atoms with van der Waals surface area (Å²) in [5.74, 6) is 0. The summed E-state index contributed by atoms with van der Waals surface area (Å²) in [7, 11) is 0. The van der Waals surface area contributed by atoms with Crippen LogP contribution in [-0.4, -0.2) is 16.0 Å². The molecule has 76 valence electrons. The maximum Gasteiger partial charge on any atom is 0.334 e. The van der Waals surface area contributed by atoms with Gasteiger partial charge in [-0.15, -0.1) is 0 Å². The lowest BCUT2D eigenvalue weighted by Crippen LogP contribution is -2.22. The van der Waals surface area contributed by atoms with Gasteiger partial charge in [-0.25, -0.2) is 0 Å². The minimum atomic E-state index is -0.679. The van der Waals surface area contributed by atoms with Crippen LogP contribution in [0.25, 0.3) is 0 Å². The van der Waals surface area contributed by atoms with Crippen molar-refractivity contribution in [2.45, 2.75) is 13.0 Å². The highest BCUT2D eigenvalue weighted by Crippen LogP contribution is 2.01. The Hall–Kier alpha value is -1.69. The van der Waals surface area contributed by atoms with Crippen LogP contribution in [0, 0.1) is 10.1 Å². The predicted octanol–water partition coefficient (Wildman–Crippen LogP) is 0.105. The van der Waals surface area contributed by atoms with E-state index >= 15 is 0 Å². The molecule has 1 rings (SSSR count). The Morgan fingerprint density at radius 3 is 2.86 bits per heavy atom. The van der Waals surface area contributed by atoms with E-state index in [4.69, 9.17) is 5.73 Å². The molecule has 1 aromatic heterocycles. The molecular formula is C8H11N3O3. The van der Waals surface area contributed by atoms with E-state index in [-0.39, 0.29) is 0 Å². The summed E-state index contributed by atoms with van der Waals surface area (Å²) >= 11 is 0. The molecule has 0 fully saturated rings. The van der Waals surface area contributed by atoms with Gasteiger partial charge in [0, 0.05) is 18.8 Å². The van der Waals surface area contributed by atoms with Gasteiger partial charge in [-0.1, -0.05) is 0 Å². The average Bonchev–Trinajstić information content (AvgIpc) is 2.16. The van der Waals surface area contributed by atoms with Gasteiger partial charge in [0.15, 0.2) is 0 Å². The molecule has 0 radical (unpaired) electrons. The summed E-state index contributed by atoms with van der Waals surface area (Å²) in [4.78, 5) is 21.1. The number of nitrogens with two attached hydrogens (primary N) is 1. The number of nitrogens with zero attached hydrogens (tertiary/aromatic N) is 2. The van der Waals surface area contributed by atoms with Crippen molar-refractivity contribution in [1.82, 2.24) is 4.57 Å². The summed E-state index contributed by atoms with van der Waals surface area (Å²) < 4.78 is 1.30. The highest BCUT2D eigenvalue weighted by Gasteiger charge is 2.12. The van der Waals surface area contributed by atoms with Gasteiger partial charge >= 0.3 is 11.2 Å². The van der Waals surface area contributed by atoms with Crippen molar-refractivity contribution in [1.29, 1.82) is 0 Å². The maximum atomic E-state index is 11.4. The average molecular weight is 197 g/mol. The molecule has 6 heteroatoms. The van der Waals surface area contributed by atoms with E-state index < -0.39 is 16.2 Å². The van der Waals surface area contributed by atoms with Crippen LogP contribution in [0.2, 0.25) is 0 Å². The second-order valence-corrected chi connectivity index (χ2v) is 2.79. The van der Waals surface area contributed by atoms with Crippen molar-refractivity contribution in [2.75, 3.05) is 6.54 Å². The summed E-state index contributed by atoms with van der Waals surface area (Å²) in [6.07, 6.45) is 2.14. The summed E-state index contributed by atoms with van der Waals surface area (Å²) in [5, 5.41) is 10.4. The van der Waals surface area contributed by atoms with Gasteiger partial charge in [-0.05, 0) is 19.0 Å². The topological polar surface area (TPSA) is 91.2 Å². The minimum absolute atomic E-state index is 0.399. The lowest BCUT2D eigenvalue weighted by atomic mass is 10.3. The Kier molecular flexibility index (Phi) is 3.35.